The predicted octanol–water partition coefficient (Wildman–Crippen LogP) is 3.15. The van der Waals surface area contributed by atoms with Gasteiger partial charge in [-0.3, -0.25) is 4.72 Å². The molecular weight excluding hydrogens is 364 g/mol. The van der Waals surface area contributed by atoms with Gasteiger partial charge in [0.25, 0.3) is 0 Å². The zero-order chi connectivity index (χ0) is 17.6. The van der Waals surface area contributed by atoms with E-state index in [2.05, 4.69) is 10.0 Å². The van der Waals surface area contributed by atoms with Gasteiger partial charge in [0.2, 0.25) is 10.0 Å². The summed E-state index contributed by atoms with van der Waals surface area (Å²) in [6.45, 7) is 0.744. The molecule has 0 fully saturated rings. The second-order valence-corrected chi connectivity index (χ2v) is 7.07. The quantitative estimate of drug-likeness (QED) is 0.728. The first-order chi connectivity index (χ1) is 11.4. The molecular formula is C17H23ClN2O4S. The third kappa shape index (κ3) is 6.72. The van der Waals surface area contributed by atoms with Crippen molar-refractivity contribution in [3.8, 4) is 11.5 Å². The lowest BCUT2D eigenvalue weighted by atomic mass is 10.1. The smallest absolute Gasteiger partial charge is 0.229 e. The first-order valence-electron chi connectivity index (χ1n) is 7.44. The monoisotopic (exact) mass is 386 g/mol. The van der Waals surface area contributed by atoms with E-state index in [1.807, 2.05) is 30.3 Å². The fourth-order valence-electron chi connectivity index (χ4n) is 2.25. The molecule has 2 aromatic rings. The zero-order valence-electron chi connectivity index (χ0n) is 14.4. The number of halogens is 1. The summed E-state index contributed by atoms with van der Waals surface area (Å²) in [7, 11) is -0.0306. The SMILES string of the molecule is COc1ccc(NCCc2ccc(NS(C)(=O)=O)cc2)cc1OC.Cl. The van der Waals surface area contributed by atoms with E-state index in [-0.39, 0.29) is 12.4 Å². The van der Waals surface area contributed by atoms with Gasteiger partial charge in [0.1, 0.15) is 0 Å². The van der Waals surface area contributed by atoms with Crippen molar-refractivity contribution < 1.29 is 17.9 Å². The fraction of sp³-hybridized carbons (Fsp3) is 0.294. The summed E-state index contributed by atoms with van der Waals surface area (Å²) in [5.41, 5.74) is 2.62. The Labute approximate surface area is 155 Å². The van der Waals surface area contributed by atoms with Crippen LogP contribution in [0.4, 0.5) is 11.4 Å². The lowest BCUT2D eigenvalue weighted by molar-refractivity contribution is 0.355. The lowest BCUT2D eigenvalue weighted by Crippen LogP contribution is -2.09. The molecule has 0 bridgehead atoms. The molecule has 0 saturated carbocycles. The Morgan fingerprint density at radius 2 is 1.52 bits per heavy atom. The van der Waals surface area contributed by atoms with Crippen molar-refractivity contribution in [2.45, 2.75) is 6.42 Å². The van der Waals surface area contributed by atoms with Crippen LogP contribution in [0.2, 0.25) is 0 Å². The summed E-state index contributed by atoms with van der Waals surface area (Å²) < 4.78 is 35.3. The Hall–Kier alpha value is -2.12. The standard InChI is InChI=1S/C17H22N2O4S.ClH/c1-22-16-9-8-15(12-17(16)23-2)18-11-10-13-4-6-14(7-5-13)19-24(3,20)21;/h4-9,12,18-19H,10-11H2,1-3H3;1H. The van der Waals surface area contributed by atoms with E-state index in [4.69, 9.17) is 9.47 Å². The number of sulfonamides is 1. The Morgan fingerprint density at radius 1 is 0.920 bits per heavy atom. The fourth-order valence-corrected chi connectivity index (χ4v) is 2.82. The molecule has 0 heterocycles. The molecule has 0 saturated heterocycles. The molecule has 0 aliphatic heterocycles. The molecule has 0 aliphatic rings. The molecule has 2 aromatic carbocycles. The van der Waals surface area contributed by atoms with Gasteiger partial charge < -0.3 is 14.8 Å². The highest BCUT2D eigenvalue weighted by molar-refractivity contribution is 7.92. The second-order valence-electron chi connectivity index (χ2n) is 5.32. The first kappa shape index (κ1) is 20.9. The van der Waals surface area contributed by atoms with E-state index in [0.29, 0.717) is 17.2 Å². The minimum Gasteiger partial charge on any atom is -0.493 e. The van der Waals surface area contributed by atoms with E-state index in [9.17, 15) is 8.42 Å². The molecule has 25 heavy (non-hydrogen) atoms. The summed E-state index contributed by atoms with van der Waals surface area (Å²) in [6.07, 6.45) is 1.95. The number of benzene rings is 2. The van der Waals surface area contributed by atoms with Crippen LogP contribution >= 0.6 is 12.4 Å². The largest absolute Gasteiger partial charge is 0.493 e. The van der Waals surface area contributed by atoms with Crippen molar-refractivity contribution in [2.24, 2.45) is 0 Å². The molecule has 2 N–H and O–H groups in total. The third-order valence-corrected chi connectivity index (χ3v) is 3.99. The van der Waals surface area contributed by atoms with Crippen LogP contribution in [-0.2, 0) is 16.4 Å². The van der Waals surface area contributed by atoms with Gasteiger partial charge in [-0.25, -0.2) is 8.42 Å². The van der Waals surface area contributed by atoms with Crippen LogP contribution < -0.4 is 19.5 Å². The topological polar surface area (TPSA) is 76.7 Å². The molecule has 0 atom stereocenters. The number of hydrogen-bond donors (Lipinski definition) is 2. The summed E-state index contributed by atoms with van der Waals surface area (Å²) in [5.74, 6) is 1.37. The Kier molecular flexibility index (Phi) is 7.86. The number of rotatable bonds is 8. The van der Waals surface area contributed by atoms with E-state index in [0.717, 1.165) is 30.5 Å². The molecule has 0 aromatic heterocycles. The molecule has 6 nitrogen and oxygen atoms in total. The van der Waals surface area contributed by atoms with Crippen molar-refractivity contribution in [2.75, 3.05) is 37.1 Å². The van der Waals surface area contributed by atoms with Crippen LogP contribution in [0.25, 0.3) is 0 Å². The Morgan fingerprint density at radius 3 is 2.08 bits per heavy atom. The van der Waals surface area contributed by atoms with E-state index in [1.54, 1.807) is 26.4 Å². The van der Waals surface area contributed by atoms with Gasteiger partial charge in [0.15, 0.2) is 11.5 Å². The van der Waals surface area contributed by atoms with Gasteiger partial charge in [0, 0.05) is 24.0 Å². The highest BCUT2D eigenvalue weighted by atomic mass is 35.5. The minimum atomic E-state index is -3.24. The number of ether oxygens (including phenoxy) is 2. The van der Waals surface area contributed by atoms with Crippen LogP contribution in [0.3, 0.4) is 0 Å². The maximum atomic E-state index is 11.2. The molecule has 8 heteroatoms. The summed E-state index contributed by atoms with van der Waals surface area (Å²) in [4.78, 5) is 0. The molecule has 0 unspecified atom stereocenters. The molecule has 138 valence electrons. The predicted molar refractivity (Wildman–Crippen MR) is 104 cm³/mol. The van der Waals surface area contributed by atoms with Crippen molar-refractivity contribution in [1.82, 2.24) is 0 Å². The first-order valence-corrected chi connectivity index (χ1v) is 9.33. The normalized spacial score (nSPS) is 10.5. The third-order valence-electron chi connectivity index (χ3n) is 3.38. The van der Waals surface area contributed by atoms with Gasteiger partial charge >= 0.3 is 0 Å². The number of anilines is 2. The molecule has 0 aliphatic carbocycles. The highest BCUT2D eigenvalue weighted by Crippen LogP contribution is 2.29. The Bertz CT molecular complexity index is 780. The molecule has 0 amide bonds. The van der Waals surface area contributed by atoms with E-state index < -0.39 is 10.0 Å². The van der Waals surface area contributed by atoms with Crippen LogP contribution in [0.15, 0.2) is 42.5 Å². The maximum absolute atomic E-state index is 11.2. The maximum Gasteiger partial charge on any atom is 0.229 e. The zero-order valence-corrected chi connectivity index (χ0v) is 16.0. The van der Waals surface area contributed by atoms with Crippen LogP contribution in [0.5, 0.6) is 11.5 Å². The molecule has 0 spiro atoms. The average Bonchev–Trinajstić information content (AvgIpc) is 2.55. The molecule has 2 rings (SSSR count). The van der Waals surface area contributed by atoms with Crippen LogP contribution in [-0.4, -0.2) is 35.4 Å². The van der Waals surface area contributed by atoms with Crippen LogP contribution in [0, 0.1) is 0 Å². The van der Waals surface area contributed by atoms with Gasteiger partial charge in [-0.1, -0.05) is 12.1 Å². The molecule has 0 radical (unpaired) electrons. The number of hydrogen-bond acceptors (Lipinski definition) is 5. The van der Waals surface area contributed by atoms with E-state index >= 15 is 0 Å². The van der Waals surface area contributed by atoms with Gasteiger partial charge in [-0.05, 0) is 36.2 Å². The lowest BCUT2D eigenvalue weighted by Gasteiger charge is -2.11. The summed E-state index contributed by atoms with van der Waals surface area (Å²) >= 11 is 0. The van der Waals surface area contributed by atoms with Crippen molar-refractivity contribution in [1.29, 1.82) is 0 Å². The summed E-state index contributed by atoms with van der Waals surface area (Å²) in [5, 5.41) is 3.32. The minimum absolute atomic E-state index is 0. The van der Waals surface area contributed by atoms with Crippen LogP contribution in [0.1, 0.15) is 5.56 Å². The van der Waals surface area contributed by atoms with Crippen molar-refractivity contribution in [3.63, 3.8) is 0 Å². The van der Waals surface area contributed by atoms with Gasteiger partial charge in [-0.2, -0.15) is 0 Å². The highest BCUT2D eigenvalue weighted by Gasteiger charge is 2.04. The van der Waals surface area contributed by atoms with Crippen molar-refractivity contribution >= 4 is 33.8 Å². The average molecular weight is 387 g/mol. The number of nitrogens with one attached hydrogen (secondary N) is 2. The second kappa shape index (κ2) is 9.39. The van der Waals surface area contributed by atoms with Gasteiger partial charge in [-0.15, -0.1) is 12.4 Å². The number of methoxy groups -OCH3 is 2. The van der Waals surface area contributed by atoms with Gasteiger partial charge in [0.05, 0.1) is 20.5 Å². The summed E-state index contributed by atoms with van der Waals surface area (Å²) in [6, 6.07) is 13.0. The van der Waals surface area contributed by atoms with E-state index in [1.165, 1.54) is 0 Å². The Balaban J connectivity index is 0.00000312. The van der Waals surface area contributed by atoms with Crippen molar-refractivity contribution in [3.05, 3.63) is 48.0 Å².